The molecule has 0 bridgehead atoms. The Kier molecular flexibility index (Phi) is 9.54. The van der Waals surface area contributed by atoms with Crippen LogP contribution in [0.4, 0.5) is 0 Å². The van der Waals surface area contributed by atoms with E-state index in [-0.39, 0.29) is 11.4 Å². The molecule has 0 atom stereocenters. The Labute approximate surface area is 232 Å². The monoisotopic (exact) mass is 521 g/mol. The third-order valence-electron chi connectivity index (χ3n) is 6.46. The van der Waals surface area contributed by atoms with Crippen LogP contribution in [0.1, 0.15) is 69.3 Å². The Morgan fingerprint density at radius 1 is 0.821 bits per heavy atom. The van der Waals surface area contributed by atoms with Gasteiger partial charge in [0.15, 0.2) is 5.78 Å². The van der Waals surface area contributed by atoms with E-state index in [0.29, 0.717) is 17.7 Å². The number of ketones is 1. The summed E-state index contributed by atoms with van der Waals surface area (Å²) in [5.74, 6) is 1.51. The number of benzene rings is 4. The number of carbonyl (C=O) groups excluding carboxylic acids is 1. The average Bonchev–Trinajstić information content (AvgIpc) is 2.93. The molecule has 202 valence electrons. The second-order valence-electron chi connectivity index (χ2n) is 10.8. The topological polar surface area (TPSA) is 47.9 Å². The molecule has 4 aromatic rings. The summed E-state index contributed by atoms with van der Waals surface area (Å²) in [4.78, 5) is 18.4. The largest absolute Gasteiger partial charge is 0.488 e. The number of rotatable bonds is 12. The Hall–Kier alpha value is -3.92. The van der Waals surface area contributed by atoms with Gasteiger partial charge in [0.2, 0.25) is 0 Å². The lowest BCUT2D eigenvalue weighted by Gasteiger charge is -2.21. The summed E-state index contributed by atoms with van der Waals surface area (Å²) < 4.78 is 11.8. The fraction of sp³-hybridized carbons (Fsp3) is 0.314. The Morgan fingerprint density at radius 3 is 2.26 bits per heavy atom. The van der Waals surface area contributed by atoms with Gasteiger partial charge in [0.25, 0.3) is 0 Å². The molecule has 0 fully saturated rings. The minimum Gasteiger partial charge on any atom is -0.488 e. The summed E-state index contributed by atoms with van der Waals surface area (Å²) in [5, 5.41) is 1.97. The van der Waals surface area contributed by atoms with Gasteiger partial charge < -0.3 is 9.47 Å². The second-order valence-corrected chi connectivity index (χ2v) is 10.8. The van der Waals surface area contributed by atoms with Gasteiger partial charge in [-0.15, -0.1) is 0 Å². The van der Waals surface area contributed by atoms with Crippen molar-refractivity contribution in [3.05, 3.63) is 96.1 Å². The van der Waals surface area contributed by atoms with Crippen molar-refractivity contribution in [1.82, 2.24) is 0 Å². The number of hydrogen-bond acceptors (Lipinski definition) is 4. The highest BCUT2D eigenvalue weighted by Gasteiger charge is 2.19. The zero-order valence-electron chi connectivity index (χ0n) is 23.6. The predicted octanol–water partition coefficient (Wildman–Crippen LogP) is 8.95. The molecule has 0 N–H and O–H groups in total. The molecule has 0 aliphatic carbocycles. The van der Waals surface area contributed by atoms with Crippen LogP contribution in [-0.2, 0) is 0 Å². The van der Waals surface area contributed by atoms with Crippen LogP contribution in [0.2, 0.25) is 0 Å². The lowest BCUT2D eigenvalue weighted by molar-refractivity contribution is 0.104. The van der Waals surface area contributed by atoms with Gasteiger partial charge in [0.1, 0.15) is 23.7 Å². The summed E-state index contributed by atoms with van der Waals surface area (Å²) in [5.41, 5.74) is 2.91. The van der Waals surface area contributed by atoms with Crippen LogP contribution in [0.25, 0.3) is 21.9 Å². The highest BCUT2D eigenvalue weighted by atomic mass is 16.5. The third kappa shape index (κ3) is 7.79. The second kappa shape index (κ2) is 13.2. The lowest BCUT2D eigenvalue weighted by Crippen LogP contribution is -2.22. The molecule has 0 radical (unpaired) electrons. The summed E-state index contributed by atoms with van der Waals surface area (Å²) >= 11 is 0. The van der Waals surface area contributed by atoms with Gasteiger partial charge in [0, 0.05) is 23.9 Å². The molecule has 0 unspecified atom stereocenters. The van der Waals surface area contributed by atoms with E-state index >= 15 is 0 Å². The molecule has 0 aromatic heterocycles. The minimum absolute atomic E-state index is 0.0167. The van der Waals surface area contributed by atoms with Crippen LogP contribution in [0.15, 0.2) is 89.9 Å². The third-order valence-corrected chi connectivity index (χ3v) is 6.46. The Morgan fingerprint density at radius 2 is 1.54 bits per heavy atom. The van der Waals surface area contributed by atoms with E-state index in [4.69, 9.17) is 9.47 Å². The van der Waals surface area contributed by atoms with E-state index in [9.17, 15) is 4.79 Å². The summed E-state index contributed by atoms with van der Waals surface area (Å²) in [7, 11) is 0. The van der Waals surface area contributed by atoms with Gasteiger partial charge in [-0.25, -0.2) is 0 Å². The molecule has 0 heterocycles. The molecule has 4 heteroatoms. The maximum atomic E-state index is 13.9. The number of unbranched alkanes of at least 4 members (excludes halogenated alkanes) is 3. The van der Waals surface area contributed by atoms with Crippen molar-refractivity contribution >= 4 is 22.8 Å². The molecule has 4 nitrogen and oxygen atoms in total. The number of nitrogens with zero attached hydrogens (tertiary/aromatic N) is 1. The first-order chi connectivity index (χ1) is 18.9. The first-order valence-electron chi connectivity index (χ1n) is 13.9. The molecule has 4 aromatic carbocycles. The van der Waals surface area contributed by atoms with Crippen molar-refractivity contribution in [2.45, 2.75) is 59.0 Å². The van der Waals surface area contributed by atoms with E-state index in [2.05, 4.69) is 18.0 Å². The standard InChI is InChI=1S/C35H39NO3/c1-5-6-7-10-23-36-24-25-38-29-18-15-28(16-19-29)34(37)33-31-12-9-8-11-26(31)17-22-32(33)27-13-20-30(21-14-27)39-35(2,3)4/h8-9,11-22,24H,5-7,10,23,25H2,1-4H3. The fourth-order valence-corrected chi connectivity index (χ4v) is 4.57. The molecular formula is C35H39NO3. The maximum Gasteiger partial charge on any atom is 0.194 e. The molecule has 0 saturated carbocycles. The molecular weight excluding hydrogens is 482 g/mol. The van der Waals surface area contributed by atoms with Crippen molar-refractivity contribution in [1.29, 1.82) is 0 Å². The molecule has 0 aliphatic heterocycles. The molecule has 0 aliphatic rings. The summed E-state index contributed by atoms with van der Waals surface area (Å²) in [6.07, 6.45) is 6.65. The van der Waals surface area contributed by atoms with E-state index in [1.807, 2.05) is 106 Å². The molecule has 0 spiro atoms. The Bertz CT molecular complexity index is 1400. The number of fused-ring (bicyclic) bond motifs is 1. The lowest BCUT2D eigenvalue weighted by atomic mass is 9.89. The average molecular weight is 522 g/mol. The van der Waals surface area contributed by atoms with Gasteiger partial charge in [-0.3, -0.25) is 9.79 Å². The van der Waals surface area contributed by atoms with Crippen LogP contribution < -0.4 is 9.47 Å². The van der Waals surface area contributed by atoms with Crippen LogP contribution in [0.3, 0.4) is 0 Å². The van der Waals surface area contributed by atoms with Gasteiger partial charge in [-0.1, -0.05) is 74.7 Å². The molecule has 0 amide bonds. The van der Waals surface area contributed by atoms with Crippen LogP contribution in [0, 0.1) is 0 Å². The number of aliphatic imine (C=N–C) groups is 1. The molecule has 4 rings (SSSR count). The quantitative estimate of drug-likeness (QED) is 0.106. The van der Waals surface area contributed by atoms with Gasteiger partial charge in [0.05, 0.1) is 0 Å². The normalized spacial score (nSPS) is 11.7. The first kappa shape index (κ1) is 28.1. The number of carbonyl (C=O) groups is 1. The van der Waals surface area contributed by atoms with Crippen molar-refractivity contribution < 1.29 is 14.3 Å². The van der Waals surface area contributed by atoms with Crippen molar-refractivity contribution in [2.75, 3.05) is 13.2 Å². The van der Waals surface area contributed by atoms with Crippen molar-refractivity contribution in [3.63, 3.8) is 0 Å². The van der Waals surface area contributed by atoms with E-state index < -0.39 is 0 Å². The zero-order chi connectivity index (χ0) is 27.7. The van der Waals surface area contributed by atoms with Gasteiger partial charge in [-0.05, 0) is 85.5 Å². The van der Waals surface area contributed by atoms with Crippen molar-refractivity contribution in [2.24, 2.45) is 4.99 Å². The predicted molar refractivity (Wildman–Crippen MR) is 163 cm³/mol. The highest BCUT2D eigenvalue weighted by Crippen LogP contribution is 2.34. The minimum atomic E-state index is -0.275. The van der Waals surface area contributed by atoms with Crippen LogP contribution in [0.5, 0.6) is 11.5 Å². The van der Waals surface area contributed by atoms with Gasteiger partial charge >= 0.3 is 0 Å². The molecule has 0 saturated heterocycles. The smallest absolute Gasteiger partial charge is 0.194 e. The summed E-state index contributed by atoms with van der Waals surface area (Å²) in [6.45, 7) is 9.56. The number of ether oxygens (including phenoxy) is 2. The summed E-state index contributed by atoms with van der Waals surface area (Å²) in [6, 6.07) is 27.5. The zero-order valence-corrected chi connectivity index (χ0v) is 23.6. The van der Waals surface area contributed by atoms with Crippen LogP contribution >= 0.6 is 0 Å². The van der Waals surface area contributed by atoms with Crippen molar-refractivity contribution in [3.8, 4) is 22.6 Å². The van der Waals surface area contributed by atoms with E-state index in [0.717, 1.165) is 46.4 Å². The fourth-order valence-electron chi connectivity index (χ4n) is 4.57. The van der Waals surface area contributed by atoms with E-state index in [1.54, 1.807) is 0 Å². The first-order valence-corrected chi connectivity index (χ1v) is 13.9. The van der Waals surface area contributed by atoms with Crippen LogP contribution in [-0.4, -0.2) is 30.8 Å². The maximum absolute atomic E-state index is 13.9. The highest BCUT2D eigenvalue weighted by molar-refractivity contribution is 6.20. The SMILES string of the molecule is CCCCCCN=CCOc1ccc(C(=O)c2c(-c3ccc(OC(C)(C)C)cc3)ccc3ccccc23)cc1. The Balaban J connectivity index is 1.54. The van der Waals surface area contributed by atoms with Gasteiger partial charge in [-0.2, -0.15) is 0 Å². The molecule has 39 heavy (non-hydrogen) atoms. The van der Waals surface area contributed by atoms with E-state index in [1.165, 1.54) is 19.3 Å². The number of hydrogen-bond donors (Lipinski definition) is 0.